The van der Waals surface area contributed by atoms with Crippen molar-refractivity contribution in [3.05, 3.63) is 12.2 Å². The van der Waals surface area contributed by atoms with Gasteiger partial charge in [0.15, 0.2) is 0 Å². The second kappa shape index (κ2) is 2.29. The Bertz CT molecular complexity index is 184. The second-order valence-electron chi connectivity index (χ2n) is 3.94. The maximum absolute atomic E-state index is 12.0. The molecule has 2 heteroatoms. The van der Waals surface area contributed by atoms with Crippen molar-refractivity contribution in [1.29, 1.82) is 0 Å². The Morgan fingerprint density at radius 1 is 1.27 bits per heavy atom. The van der Waals surface area contributed by atoms with Crippen molar-refractivity contribution >= 4 is 0 Å². The standard InChI is InChI=1S/C9H12F2/c10-8(11)6-9-3-1-7(5-9)2-4-9/h6-7H,1-5H2. The maximum Gasteiger partial charge on any atom is 0.266 e. The maximum atomic E-state index is 12.0. The van der Waals surface area contributed by atoms with E-state index in [1.807, 2.05) is 0 Å². The van der Waals surface area contributed by atoms with Crippen molar-refractivity contribution in [1.82, 2.24) is 0 Å². The number of rotatable bonds is 1. The molecule has 2 saturated carbocycles. The molecule has 2 aliphatic rings. The summed E-state index contributed by atoms with van der Waals surface area (Å²) in [6, 6.07) is 0. The molecule has 0 spiro atoms. The Kier molecular flexibility index (Phi) is 1.51. The first-order valence-electron chi connectivity index (χ1n) is 4.24. The van der Waals surface area contributed by atoms with Crippen molar-refractivity contribution in [2.75, 3.05) is 0 Å². The molecule has 0 aromatic heterocycles. The molecule has 2 rings (SSSR count). The van der Waals surface area contributed by atoms with E-state index in [1.165, 1.54) is 18.9 Å². The predicted octanol–water partition coefficient (Wildman–Crippen LogP) is 3.35. The predicted molar refractivity (Wildman–Crippen MR) is 39.3 cm³/mol. The van der Waals surface area contributed by atoms with Gasteiger partial charge in [-0.05, 0) is 49.5 Å². The van der Waals surface area contributed by atoms with E-state index in [4.69, 9.17) is 0 Å². The highest BCUT2D eigenvalue weighted by atomic mass is 19.3. The lowest BCUT2D eigenvalue weighted by molar-refractivity contribution is 0.343. The smallest absolute Gasteiger partial charge is 0.174 e. The van der Waals surface area contributed by atoms with E-state index in [2.05, 4.69) is 0 Å². The largest absolute Gasteiger partial charge is 0.266 e. The summed E-state index contributed by atoms with van der Waals surface area (Å²) < 4.78 is 24.0. The van der Waals surface area contributed by atoms with Gasteiger partial charge in [0.25, 0.3) is 6.08 Å². The summed E-state index contributed by atoms with van der Waals surface area (Å²) in [5.74, 6) is 0.755. The van der Waals surface area contributed by atoms with E-state index in [9.17, 15) is 8.78 Å². The Morgan fingerprint density at radius 3 is 2.27 bits per heavy atom. The number of hydrogen-bond donors (Lipinski definition) is 0. The molecule has 0 unspecified atom stereocenters. The molecule has 0 saturated heterocycles. The van der Waals surface area contributed by atoms with Crippen LogP contribution in [0, 0.1) is 11.3 Å². The van der Waals surface area contributed by atoms with Crippen LogP contribution < -0.4 is 0 Å². The molecule has 0 amide bonds. The van der Waals surface area contributed by atoms with Crippen LogP contribution in [0.5, 0.6) is 0 Å². The molecule has 0 radical (unpaired) electrons. The molecule has 62 valence electrons. The Morgan fingerprint density at radius 2 is 1.91 bits per heavy atom. The number of fused-ring (bicyclic) bond motifs is 2. The van der Waals surface area contributed by atoms with Gasteiger partial charge in [0.1, 0.15) is 0 Å². The highest BCUT2D eigenvalue weighted by Crippen LogP contribution is 2.55. The molecule has 11 heavy (non-hydrogen) atoms. The van der Waals surface area contributed by atoms with Crippen LogP contribution in [-0.2, 0) is 0 Å². The zero-order chi connectivity index (χ0) is 7.90. The lowest BCUT2D eigenvalue weighted by Gasteiger charge is -2.20. The monoisotopic (exact) mass is 158 g/mol. The molecule has 2 bridgehead atoms. The van der Waals surface area contributed by atoms with Crippen molar-refractivity contribution in [2.45, 2.75) is 32.1 Å². The molecule has 0 atom stereocenters. The molecular weight excluding hydrogens is 146 g/mol. The van der Waals surface area contributed by atoms with Gasteiger partial charge in [-0.15, -0.1) is 0 Å². The van der Waals surface area contributed by atoms with Gasteiger partial charge in [-0.2, -0.15) is 8.78 Å². The highest BCUT2D eigenvalue weighted by Gasteiger charge is 2.43. The Balaban J connectivity index is 2.17. The van der Waals surface area contributed by atoms with Crippen LogP contribution in [-0.4, -0.2) is 0 Å². The van der Waals surface area contributed by atoms with Gasteiger partial charge in [0.2, 0.25) is 0 Å². The molecular formula is C9H12F2. The third-order valence-corrected chi connectivity index (χ3v) is 3.21. The minimum absolute atomic E-state index is 0.0799. The SMILES string of the molecule is FC(F)=CC12CCC(CC1)C2. The quantitative estimate of drug-likeness (QED) is 0.549. The molecule has 2 fully saturated rings. The summed E-state index contributed by atoms with van der Waals surface area (Å²) in [7, 11) is 0. The number of hydrogen-bond acceptors (Lipinski definition) is 0. The fourth-order valence-corrected chi connectivity index (χ4v) is 2.67. The van der Waals surface area contributed by atoms with E-state index in [1.54, 1.807) is 0 Å². The normalized spacial score (nSPS) is 41.1. The molecule has 0 aliphatic heterocycles. The van der Waals surface area contributed by atoms with Gasteiger partial charge in [-0.1, -0.05) is 0 Å². The topological polar surface area (TPSA) is 0 Å². The zero-order valence-corrected chi connectivity index (χ0v) is 6.45. The number of allylic oxidation sites excluding steroid dienone is 1. The summed E-state index contributed by atoms with van der Waals surface area (Å²) in [6.07, 6.45) is 5.08. The van der Waals surface area contributed by atoms with E-state index in [0.29, 0.717) is 0 Å². The molecule has 0 N–H and O–H groups in total. The molecule has 0 aromatic carbocycles. The van der Waals surface area contributed by atoms with Crippen LogP contribution in [0.1, 0.15) is 32.1 Å². The highest BCUT2D eigenvalue weighted by molar-refractivity contribution is 5.08. The van der Waals surface area contributed by atoms with Crippen molar-refractivity contribution in [2.24, 2.45) is 11.3 Å². The molecule has 0 aromatic rings. The van der Waals surface area contributed by atoms with E-state index < -0.39 is 6.08 Å². The van der Waals surface area contributed by atoms with Gasteiger partial charge >= 0.3 is 0 Å². The van der Waals surface area contributed by atoms with Crippen molar-refractivity contribution in [3.8, 4) is 0 Å². The van der Waals surface area contributed by atoms with Gasteiger partial charge in [0.05, 0.1) is 0 Å². The van der Waals surface area contributed by atoms with Crippen LogP contribution in [0.25, 0.3) is 0 Å². The zero-order valence-electron chi connectivity index (χ0n) is 6.45. The third-order valence-electron chi connectivity index (χ3n) is 3.21. The molecule has 2 aliphatic carbocycles. The van der Waals surface area contributed by atoms with Crippen LogP contribution >= 0.6 is 0 Å². The Hall–Kier alpha value is -0.400. The van der Waals surface area contributed by atoms with Crippen LogP contribution in [0.15, 0.2) is 12.2 Å². The molecule has 0 heterocycles. The number of halogens is 2. The second-order valence-corrected chi connectivity index (χ2v) is 3.94. The van der Waals surface area contributed by atoms with Crippen molar-refractivity contribution in [3.63, 3.8) is 0 Å². The first-order valence-corrected chi connectivity index (χ1v) is 4.24. The molecule has 0 nitrogen and oxygen atoms in total. The lowest BCUT2D eigenvalue weighted by Crippen LogP contribution is -2.09. The van der Waals surface area contributed by atoms with E-state index >= 15 is 0 Å². The Labute approximate surface area is 65.3 Å². The van der Waals surface area contributed by atoms with Crippen LogP contribution in [0.2, 0.25) is 0 Å². The van der Waals surface area contributed by atoms with E-state index in [0.717, 1.165) is 25.2 Å². The van der Waals surface area contributed by atoms with Gasteiger partial charge in [0, 0.05) is 0 Å². The fourth-order valence-electron chi connectivity index (χ4n) is 2.67. The average molecular weight is 158 g/mol. The van der Waals surface area contributed by atoms with Gasteiger partial charge < -0.3 is 0 Å². The van der Waals surface area contributed by atoms with Crippen LogP contribution in [0.3, 0.4) is 0 Å². The summed E-state index contributed by atoms with van der Waals surface area (Å²) >= 11 is 0. The average Bonchev–Trinajstić information content (AvgIpc) is 2.43. The third kappa shape index (κ3) is 1.19. The summed E-state index contributed by atoms with van der Waals surface area (Å²) in [5.41, 5.74) is -0.0799. The van der Waals surface area contributed by atoms with Crippen molar-refractivity contribution < 1.29 is 8.78 Å². The minimum atomic E-state index is -1.48. The van der Waals surface area contributed by atoms with Crippen LogP contribution in [0.4, 0.5) is 8.78 Å². The van der Waals surface area contributed by atoms with Gasteiger partial charge in [-0.3, -0.25) is 0 Å². The first kappa shape index (κ1) is 7.26. The first-order chi connectivity index (χ1) is 5.20. The summed E-state index contributed by atoms with van der Waals surface area (Å²) in [5, 5.41) is 0. The van der Waals surface area contributed by atoms with Gasteiger partial charge in [-0.25, -0.2) is 0 Å². The van der Waals surface area contributed by atoms with E-state index in [-0.39, 0.29) is 5.41 Å². The summed E-state index contributed by atoms with van der Waals surface area (Å²) in [6.45, 7) is 0. The fraction of sp³-hybridized carbons (Fsp3) is 0.778. The minimum Gasteiger partial charge on any atom is -0.174 e. The summed E-state index contributed by atoms with van der Waals surface area (Å²) in [4.78, 5) is 0. The lowest BCUT2D eigenvalue weighted by atomic mass is 9.84.